The van der Waals surface area contributed by atoms with Gasteiger partial charge < -0.3 is 10.3 Å². The molecular weight excluding hydrogens is 368 g/mol. The number of nitrogens with zero attached hydrogens (tertiary/aromatic N) is 4. The molecule has 29 heavy (non-hydrogen) atoms. The van der Waals surface area contributed by atoms with Crippen molar-refractivity contribution in [1.82, 2.24) is 29.6 Å². The van der Waals surface area contributed by atoms with Crippen LogP contribution in [0, 0.1) is 0 Å². The van der Waals surface area contributed by atoms with Crippen LogP contribution in [0.15, 0.2) is 59.8 Å². The maximum absolute atomic E-state index is 12.8. The number of aromatic amines is 1. The molecule has 0 bridgehead atoms. The highest BCUT2D eigenvalue weighted by Gasteiger charge is 2.30. The second-order valence-corrected chi connectivity index (χ2v) is 7.21. The molecule has 0 unspecified atom stereocenters. The minimum Gasteiger partial charge on any atom is -0.361 e. The number of amides is 1. The lowest BCUT2D eigenvalue weighted by Crippen LogP contribution is -2.32. The fourth-order valence-corrected chi connectivity index (χ4v) is 3.49. The molecule has 1 fully saturated rings. The van der Waals surface area contributed by atoms with Crippen molar-refractivity contribution in [2.24, 2.45) is 0 Å². The quantitative estimate of drug-likeness (QED) is 0.530. The van der Waals surface area contributed by atoms with Crippen molar-refractivity contribution >= 4 is 16.8 Å². The van der Waals surface area contributed by atoms with Gasteiger partial charge in [-0.15, -0.1) is 5.10 Å². The van der Waals surface area contributed by atoms with Crippen LogP contribution in [0.3, 0.4) is 0 Å². The zero-order valence-corrected chi connectivity index (χ0v) is 15.7. The van der Waals surface area contributed by atoms with Crippen molar-refractivity contribution < 1.29 is 4.79 Å². The van der Waals surface area contributed by atoms with Crippen molar-refractivity contribution in [2.45, 2.75) is 25.4 Å². The zero-order chi connectivity index (χ0) is 19.8. The molecule has 0 atom stereocenters. The van der Waals surface area contributed by atoms with Gasteiger partial charge in [0, 0.05) is 53.2 Å². The highest BCUT2D eigenvalue weighted by atomic mass is 16.2. The zero-order valence-electron chi connectivity index (χ0n) is 15.7. The normalized spacial score (nSPS) is 13.7. The lowest BCUT2D eigenvalue weighted by Gasteiger charge is -2.05. The number of pyridine rings is 1. The number of hydrogen-bond donors (Lipinski definition) is 2. The first-order valence-electron chi connectivity index (χ1n) is 9.66. The van der Waals surface area contributed by atoms with Crippen LogP contribution in [-0.2, 0) is 6.54 Å². The third-order valence-corrected chi connectivity index (χ3v) is 5.13. The Morgan fingerprint density at radius 1 is 1.24 bits per heavy atom. The van der Waals surface area contributed by atoms with E-state index in [4.69, 9.17) is 0 Å². The molecule has 0 spiro atoms. The minimum atomic E-state index is -0.171. The van der Waals surface area contributed by atoms with Crippen LogP contribution < -0.4 is 11.0 Å². The lowest BCUT2D eigenvalue weighted by molar-refractivity contribution is 0.0952. The monoisotopic (exact) mass is 388 g/mol. The average molecular weight is 388 g/mol. The van der Waals surface area contributed by atoms with Gasteiger partial charge in [0.05, 0.1) is 6.54 Å². The highest BCUT2D eigenvalue weighted by Crippen LogP contribution is 2.36. The Morgan fingerprint density at radius 2 is 2.14 bits per heavy atom. The number of H-pyrrole nitrogens is 1. The van der Waals surface area contributed by atoms with E-state index in [0.29, 0.717) is 24.5 Å². The predicted octanol–water partition coefficient (Wildman–Crippen LogP) is 2.35. The minimum absolute atomic E-state index is 0.144. The van der Waals surface area contributed by atoms with E-state index in [2.05, 4.69) is 20.4 Å². The summed E-state index contributed by atoms with van der Waals surface area (Å²) in [6, 6.07) is 11.4. The number of aromatic nitrogens is 5. The molecule has 4 aromatic rings. The molecule has 8 heteroatoms. The van der Waals surface area contributed by atoms with Crippen molar-refractivity contribution in [3.63, 3.8) is 0 Å². The van der Waals surface area contributed by atoms with Crippen LogP contribution in [0.5, 0.6) is 0 Å². The van der Waals surface area contributed by atoms with Gasteiger partial charge in [0.2, 0.25) is 0 Å². The molecule has 146 valence electrons. The number of carbonyl (C=O) groups is 1. The first kappa shape index (κ1) is 17.4. The van der Waals surface area contributed by atoms with E-state index in [1.165, 1.54) is 4.68 Å². The summed E-state index contributed by atoms with van der Waals surface area (Å²) in [6.07, 6.45) is 7.22. The van der Waals surface area contributed by atoms with E-state index in [0.717, 1.165) is 29.3 Å². The summed E-state index contributed by atoms with van der Waals surface area (Å²) < 4.78 is 3.18. The van der Waals surface area contributed by atoms with Crippen LogP contribution in [0.25, 0.3) is 22.3 Å². The molecule has 1 aromatic carbocycles. The number of fused-ring (bicyclic) bond motifs is 1. The van der Waals surface area contributed by atoms with Gasteiger partial charge in [-0.05, 0) is 49.2 Å². The Balaban J connectivity index is 1.32. The van der Waals surface area contributed by atoms with Gasteiger partial charge in [0.1, 0.15) is 0 Å². The maximum Gasteiger partial charge on any atom is 0.346 e. The molecule has 0 aliphatic heterocycles. The lowest BCUT2D eigenvalue weighted by atomic mass is 10.1. The molecule has 5 rings (SSSR count). The van der Waals surface area contributed by atoms with Gasteiger partial charge in [-0.25, -0.2) is 9.48 Å². The molecular formula is C21H20N6O2. The first-order chi connectivity index (χ1) is 14.2. The van der Waals surface area contributed by atoms with Gasteiger partial charge in [-0.3, -0.25) is 14.3 Å². The smallest absolute Gasteiger partial charge is 0.346 e. The predicted molar refractivity (Wildman–Crippen MR) is 109 cm³/mol. The molecule has 1 aliphatic carbocycles. The number of rotatable bonds is 6. The molecule has 1 saturated carbocycles. The fraction of sp³-hybridized carbons (Fsp3) is 0.238. The van der Waals surface area contributed by atoms with E-state index in [9.17, 15) is 9.59 Å². The summed E-state index contributed by atoms with van der Waals surface area (Å²) in [5, 5.41) is 8.38. The van der Waals surface area contributed by atoms with Gasteiger partial charge in [-0.2, -0.15) is 0 Å². The van der Waals surface area contributed by atoms with E-state index in [-0.39, 0.29) is 17.6 Å². The fourth-order valence-electron chi connectivity index (χ4n) is 3.49. The van der Waals surface area contributed by atoms with E-state index < -0.39 is 0 Å². The van der Waals surface area contributed by atoms with Crippen LogP contribution in [0.4, 0.5) is 0 Å². The van der Waals surface area contributed by atoms with E-state index >= 15 is 0 Å². The van der Waals surface area contributed by atoms with Gasteiger partial charge in [0.15, 0.2) is 5.82 Å². The second kappa shape index (κ2) is 7.05. The topological polar surface area (TPSA) is 97.6 Å². The summed E-state index contributed by atoms with van der Waals surface area (Å²) in [5.41, 5.74) is 2.25. The Hall–Kier alpha value is -3.68. The third kappa shape index (κ3) is 3.33. The number of nitrogens with one attached hydrogen (secondary N) is 2. The Labute approximate surface area is 166 Å². The van der Waals surface area contributed by atoms with Crippen LogP contribution in [0.2, 0.25) is 0 Å². The summed E-state index contributed by atoms with van der Waals surface area (Å²) in [4.78, 5) is 32.5. The molecule has 8 nitrogen and oxygen atoms in total. The van der Waals surface area contributed by atoms with E-state index in [1.807, 2.05) is 36.5 Å². The molecule has 0 radical (unpaired) electrons. The highest BCUT2D eigenvalue weighted by molar-refractivity contribution is 5.98. The van der Waals surface area contributed by atoms with Gasteiger partial charge in [0.25, 0.3) is 5.91 Å². The Bertz CT molecular complexity index is 1230. The summed E-state index contributed by atoms with van der Waals surface area (Å²) >= 11 is 0. The number of benzene rings is 1. The molecule has 3 heterocycles. The van der Waals surface area contributed by atoms with Crippen LogP contribution in [-0.4, -0.2) is 36.8 Å². The number of hydrogen-bond acceptors (Lipinski definition) is 4. The largest absolute Gasteiger partial charge is 0.361 e. The van der Waals surface area contributed by atoms with Crippen LogP contribution in [0.1, 0.15) is 29.2 Å². The second-order valence-electron chi connectivity index (χ2n) is 7.21. The van der Waals surface area contributed by atoms with Crippen LogP contribution >= 0.6 is 0 Å². The van der Waals surface area contributed by atoms with Crippen molar-refractivity contribution in [3.8, 4) is 11.4 Å². The standard InChI is InChI=1S/C21H20N6O2/c28-20(15-3-6-18-14(12-15)7-9-23-18)24-10-11-26-21(29)27(17-4-5-17)19(25-26)16-2-1-8-22-13-16/h1-3,6-9,12-13,17,23H,4-5,10-11H2,(H,24,28). The Morgan fingerprint density at radius 3 is 2.93 bits per heavy atom. The Kier molecular flexibility index (Phi) is 4.23. The summed E-state index contributed by atoms with van der Waals surface area (Å²) in [7, 11) is 0. The van der Waals surface area contributed by atoms with E-state index in [1.54, 1.807) is 23.0 Å². The third-order valence-electron chi connectivity index (χ3n) is 5.13. The van der Waals surface area contributed by atoms with Gasteiger partial charge in [-0.1, -0.05) is 0 Å². The molecule has 1 amide bonds. The molecule has 2 N–H and O–H groups in total. The van der Waals surface area contributed by atoms with Gasteiger partial charge >= 0.3 is 5.69 Å². The first-order valence-corrected chi connectivity index (χ1v) is 9.66. The SMILES string of the molecule is O=C(NCCn1nc(-c2cccnc2)n(C2CC2)c1=O)c1ccc2[nH]ccc2c1. The molecule has 3 aromatic heterocycles. The van der Waals surface area contributed by atoms with Crippen molar-refractivity contribution in [3.05, 3.63) is 71.0 Å². The summed E-state index contributed by atoms with van der Waals surface area (Å²) in [6.45, 7) is 0.627. The molecule has 1 aliphatic rings. The number of carbonyl (C=O) groups excluding carboxylic acids is 1. The maximum atomic E-state index is 12.8. The summed E-state index contributed by atoms with van der Waals surface area (Å²) in [5.74, 6) is 0.463. The van der Waals surface area contributed by atoms with Crippen molar-refractivity contribution in [2.75, 3.05) is 6.54 Å². The molecule has 0 saturated heterocycles. The average Bonchev–Trinajstić information content (AvgIpc) is 3.38. The van der Waals surface area contributed by atoms with Crippen molar-refractivity contribution in [1.29, 1.82) is 0 Å².